The fourth-order valence-electron chi connectivity index (χ4n) is 2.91. The van der Waals surface area contributed by atoms with Gasteiger partial charge in [-0.15, -0.1) is 0 Å². The third-order valence-corrected chi connectivity index (χ3v) is 4.13. The van der Waals surface area contributed by atoms with E-state index in [4.69, 9.17) is 5.73 Å². The maximum atomic E-state index is 12.0. The van der Waals surface area contributed by atoms with Crippen molar-refractivity contribution in [2.24, 2.45) is 11.7 Å². The zero-order valence-corrected chi connectivity index (χ0v) is 12.5. The number of hydrogen-bond donors (Lipinski definition) is 3. The van der Waals surface area contributed by atoms with Gasteiger partial charge < -0.3 is 16.4 Å². The van der Waals surface area contributed by atoms with Crippen LogP contribution >= 0.6 is 0 Å². The molecular formula is C15H22N4O3. The summed E-state index contributed by atoms with van der Waals surface area (Å²) in [6, 6.07) is 5.38. The largest absolute Gasteiger partial charge is 0.334 e. The lowest BCUT2D eigenvalue weighted by molar-refractivity contribution is -0.384. The van der Waals surface area contributed by atoms with Crippen molar-refractivity contribution in [3.8, 4) is 0 Å². The standard InChI is InChI=1S/C15H22N4O3/c16-10-14(11-4-2-1-3-5-11)18-15(20)17-12-6-8-13(9-7-12)19(21)22/h6-9,11,14H,1-5,10,16H2,(H2,17,18,20). The molecule has 1 saturated carbocycles. The summed E-state index contributed by atoms with van der Waals surface area (Å²) < 4.78 is 0. The van der Waals surface area contributed by atoms with Crippen LogP contribution in [0, 0.1) is 16.0 Å². The zero-order chi connectivity index (χ0) is 15.9. The van der Waals surface area contributed by atoms with Gasteiger partial charge in [-0.05, 0) is 30.9 Å². The van der Waals surface area contributed by atoms with Gasteiger partial charge in [0, 0.05) is 30.4 Å². The lowest BCUT2D eigenvalue weighted by Gasteiger charge is -2.30. The number of nitrogens with one attached hydrogen (secondary N) is 2. The van der Waals surface area contributed by atoms with Crippen LogP contribution in [-0.2, 0) is 0 Å². The maximum Gasteiger partial charge on any atom is 0.319 e. The second-order valence-electron chi connectivity index (χ2n) is 5.64. The van der Waals surface area contributed by atoms with Gasteiger partial charge in [0.15, 0.2) is 0 Å². The molecule has 22 heavy (non-hydrogen) atoms. The monoisotopic (exact) mass is 306 g/mol. The highest BCUT2D eigenvalue weighted by Crippen LogP contribution is 2.26. The molecule has 1 aliphatic rings. The van der Waals surface area contributed by atoms with Crippen molar-refractivity contribution < 1.29 is 9.72 Å². The van der Waals surface area contributed by atoms with Crippen molar-refractivity contribution in [1.82, 2.24) is 5.32 Å². The number of rotatable bonds is 5. The number of hydrogen-bond acceptors (Lipinski definition) is 4. The molecule has 0 heterocycles. The van der Waals surface area contributed by atoms with Crippen LogP contribution in [0.2, 0.25) is 0 Å². The predicted molar refractivity (Wildman–Crippen MR) is 84.7 cm³/mol. The number of nitrogens with two attached hydrogens (primary N) is 1. The number of non-ortho nitro benzene ring substituents is 1. The number of nitrogens with zero attached hydrogens (tertiary/aromatic N) is 1. The highest BCUT2D eigenvalue weighted by atomic mass is 16.6. The first-order chi connectivity index (χ1) is 10.6. The van der Waals surface area contributed by atoms with Crippen LogP contribution in [-0.4, -0.2) is 23.5 Å². The number of nitro benzene ring substituents is 1. The summed E-state index contributed by atoms with van der Waals surface area (Å²) in [6.07, 6.45) is 5.82. The van der Waals surface area contributed by atoms with E-state index in [9.17, 15) is 14.9 Å². The summed E-state index contributed by atoms with van der Waals surface area (Å²) in [7, 11) is 0. The Morgan fingerprint density at radius 1 is 1.27 bits per heavy atom. The van der Waals surface area contributed by atoms with Crippen LogP contribution in [0.15, 0.2) is 24.3 Å². The highest BCUT2D eigenvalue weighted by molar-refractivity contribution is 5.89. The molecule has 120 valence electrons. The van der Waals surface area contributed by atoms with Crippen LogP contribution in [0.4, 0.5) is 16.2 Å². The van der Waals surface area contributed by atoms with E-state index in [1.54, 1.807) is 0 Å². The smallest absolute Gasteiger partial charge is 0.319 e. The molecule has 0 aliphatic heterocycles. The molecule has 1 fully saturated rings. The van der Waals surface area contributed by atoms with Gasteiger partial charge >= 0.3 is 6.03 Å². The Balaban J connectivity index is 1.89. The molecular weight excluding hydrogens is 284 g/mol. The van der Waals surface area contributed by atoms with Gasteiger partial charge in [0.2, 0.25) is 0 Å². The average molecular weight is 306 g/mol. The van der Waals surface area contributed by atoms with Crippen LogP contribution < -0.4 is 16.4 Å². The Kier molecular flexibility index (Phi) is 5.71. The Labute approximate surface area is 129 Å². The number of carbonyl (C=O) groups is 1. The number of benzene rings is 1. The zero-order valence-electron chi connectivity index (χ0n) is 12.5. The molecule has 7 nitrogen and oxygen atoms in total. The van der Waals surface area contributed by atoms with Gasteiger partial charge in [-0.1, -0.05) is 19.3 Å². The van der Waals surface area contributed by atoms with Crippen LogP contribution in [0.1, 0.15) is 32.1 Å². The second kappa shape index (κ2) is 7.74. The summed E-state index contributed by atoms with van der Waals surface area (Å²) in [5, 5.41) is 16.2. The van der Waals surface area contributed by atoms with Gasteiger partial charge in [0.25, 0.3) is 5.69 Å². The van der Waals surface area contributed by atoms with Crippen molar-refractivity contribution in [2.75, 3.05) is 11.9 Å². The summed E-state index contributed by atoms with van der Waals surface area (Å²) >= 11 is 0. The number of carbonyl (C=O) groups excluding carboxylic acids is 1. The van der Waals surface area contributed by atoms with Crippen molar-refractivity contribution in [3.63, 3.8) is 0 Å². The number of amides is 2. The molecule has 0 saturated heterocycles. The maximum absolute atomic E-state index is 12.0. The number of urea groups is 1. The Morgan fingerprint density at radius 2 is 1.91 bits per heavy atom. The van der Waals surface area contributed by atoms with E-state index in [2.05, 4.69) is 10.6 Å². The lowest BCUT2D eigenvalue weighted by Crippen LogP contribution is -2.47. The van der Waals surface area contributed by atoms with E-state index in [-0.39, 0.29) is 17.8 Å². The molecule has 1 atom stereocenters. The summed E-state index contributed by atoms with van der Waals surface area (Å²) in [5.41, 5.74) is 6.29. The molecule has 1 unspecified atom stereocenters. The fraction of sp³-hybridized carbons (Fsp3) is 0.533. The van der Waals surface area contributed by atoms with E-state index in [1.165, 1.54) is 43.5 Å². The molecule has 7 heteroatoms. The first-order valence-corrected chi connectivity index (χ1v) is 7.62. The number of anilines is 1. The van der Waals surface area contributed by atoms with E-state index < -0.39 is 4.92 Å². The first-order valence-electron chi connectivity index (χ1n) is 7.62. The van der Waals surface area contributed by atoms with Crippen molar-refractivity contribution in [2.45, 2.75) is 38.1 Å². The van der Waals surface area contributed by atoms with Crippen molar-refractivity contribution in [3.05, 3.63) is 34.4 Å². The van der Waals surface area contributed by atoms with Crippen molar-refractivity contribution in [1.29, 1.82) is 0 Å². The van der Waals surface area contributed by atoms with Gasteiger partial charge in [0.05, 0.1) is 4.92 Å². The molecule has 4 N–H and O–H groups in total. The van der Waals surface area contributed by atoms with Gasteiger partial charge in [0.1, 0.15) is 0 Å². The lowest BCUT2D eigenvalue weighted by atomic mass is 9.84. The van der Waals surface area contributed by atoms with Crippen molar-refractivity contribution >= 4 is 17.4 Å². The Morgan fingerprint density at radius 3 is 2.45 bits per heavy atom. The van der Waals surface area contributed by atoms with Crippen LogP contribution in [0.25, 0.3) is 0 Å². The summed E-state index contributed by atoms with van der Waals surface area (Å²) in [4.78, 5) is 22.1. The first kappa shape index (κ1) is 16.2. The van der Waals surface area contributed by atoms with Gasteiger partial charge in [-0.25, -0.2) is 4.79 Å². The van der Waals surface area contributed by atoms with Crippen LogP contribution in [0.3, 0.4) is 0 Å². The summed E-state index contributed by atoms with van der Waals surface area (Å²) in [6.45, 7) is 0.415. The second-order valence-corrected chi connectivity index (χ2v) is 5.64. The third-order valence-electron chi connectivity index (χ3n) is 4.13. The third kappa shape index (κ3) is 4.42. The SMILES string of the molecule is NCC(NC(=O)Nc1ccc([N+](=O)[O-])cc1)C1CCCCC1. The molecule has 1 aliphatic carbocycles. The van der Waals surface area contributed by atoms with Gasteiger partial charge in [-0.3, -0.25) is 10.1 Å². The molecule has 0 spiro atoms. The Bertz CT molecular complexity index is 512. The molecule has 0 aromatic heterocycles. The quantitative estimate of drug-likeness (QED) is 0.573. The minimum absolute atomic E-state index is 0.00648. The molecule has 2 rings (SSSR count). The predicted octanol–water partition coefficient (Wildman–Crippen LogP) is 2.62. The Hall–Kier alpha value is -2.15. The average Bonchev–Trinajstić information content (AvgIpc) is 2.54. The minimum atomic E-state index is -0.475. The molecule has 1 aromatic rings. The van der Waals surface area contributed by atoms with E-state index in [0.29, 0.717) is 18.2 Å². The van der Waals surface area contributed by atoms with E-state index >= 15 is 0 Å². The minimum Gasteiger partial charge on any atom is -0.334 e. The van der Waals surface area contributed by atoms with Crippen LogP contribution in [0.5, 0.6) is 0 Å². The van der Waals surface area contributed by atoms with E-state index in [0.717, 1.165) is 12.8 Å². The molecule has 0 bridgehead atoms. The summed E-state index contributed by atoms with van der Waals surface area (Å²) in [5.74, 6) is 0.432. The van der Waals surface area contributed by atoms with Gasteiger partial charge in [-0.2, -0.15) is 0 Å². The molecule has 0 radical (unpaired) electrons. The molecule has 2 amide bonds. The molecule has 1 aromatic carbocycles. The normalized spacial score (nSPS) is 16.8. The number of nitro groups is 1. The van der Waals surface area contributed by atoms with E-state index in [1.807, 2.05) is 0 Å². The topological polar surface area (TPSA) is 110 Å². The fourth-order valence-corrected chi connectivity index (χ4v) is 2.91. The highest BCUT2D eigenvalue weighted by Gasteiger charge is 2.23.